The maximum atomic E-state index is 13.3. The topological polar surface area (TPSA) is 90.0 Å². The van der Waals surface area contributed by atoms with E-state index in [1.54, 1.807) is 24.3 Å². The molecule has 0 bridgehead atoms. The molecule has 7 nitrogen and oxygen atoms in total. The molecule has 0 radical (unpaired) electrons. The number of ether oxygens (including phenoxy) is 2. The quantitative estimate of drug-likeness (QED) is 0.706. The molecule has 1 aromatic rings. The lowest BCUT2D eigenvalue weighted by atomic mass is 10.0. The van der Waals surface area contributed by atoms with Gasteiger partial charge in [-0.25, -0.2) is 16.8 Å². The molecule has 1 spiro atoms. The average molecular weight is 430 g/mol. The van der Waals surface area contributed by atoms with E-state index in [1.165, 1.54) is 0 Å². The van der Waals surface area contributed by atoms with E-state index in [-0.39, 0.29) is 16.4 Å². The van der Waals surface area contributed by atoms with Crippen molar-refractivity contribution < 1.29 is 26.3 Å². The second-order valence-corrected chi connectivity index (χ2v) is 12.2. The molecule has 0 N–H and O–H groups in total. The number of sulfone groups is 2. The maximum absolute atomic E-state index is 13.3. The first kappa shape index (κ1) is 20.3. The summed E-state index contributed by atoms with van der Waals surface area (Å²) in [5, 5.41) is -0.940. The molecule has 3 heterocycles. The average Bonchev–Trinajstić information content (AvgIpc) is 3.27. The van der Waals surface area contributed by atoms with Crippen LogP contribution < -0.4 is 0 Å². The van der Waals surface area contributed by atoms with Gasteiger partial charge in [-0.05, 0) is 24.1 Å². The van der Waals surface area contributed by atoms with Crippen LogP contribution >= 0.6 is 0 Å². The summed E-state index contributed by atoms with van der Waals surface area (Å²) in [6.07, 6.45) is 2.07. The molecule has 3 aliphatic heterocycles. The lowest BCUT2D eigenvalue weighted by molar-refractivity contribution is -0.187. The molecule has 2 atom stereocenters. The van der Waals surface area contributed by atoms with Gasteiger partial charge in [0.15, 0.2) is 25.5 Å². The van der Waals surface area contributed by atoms with Crippen LogP contribution in [0.15, 0.2) is 29.2 Å². The highest BCUT2D eigenvalue weighted by Crippen LogP contribution is 2.35. The van der Waals surface area contributed by atoms with Crippen LogP contribution in [-0.2, 0) is 35.6 Å². The van der Waals surface area contributed by atoms with E-state index < -0.39 is 36.8 Å². The zero-order valence-electron chi connectivity index (χ0n) is 16.0. The van der Waals surface area contributed by atoms with E-state index in [4.69, 9.17) is 9.47 Å². The zero-order valence-corrected chi connectivity index (χ0v) is 17.7. The predicted molar refractivity (Wildman–Crippen MR) is 105 cm³/mol. The molecule has 156 valence electrons. The van der Waals surface area contributed by atoms with Gasteiger partial charge in [-0.1, -0.05) is 19.1 Å². The number of hydrogen-bond donors (Lipinski definition) is 0. The molecule has 0 amide bonds. The number of benzene rings is 1. The Morgan fingerprint density at radius 2 is 1.68 bits per heavy atom. The second kappa shape index (κ2) is 7.36. The molecule has 3 saturated heterocycles. The highest BCUT2D eigenvalue weighted by molar-refractivity contribution is 7.96. The Morgan fingerprint density at radius 1 is 1.07 bits per heavy atom. The van der Waals surface area contributed by atoms with Crippen molar-refractivity contribution in [1.82, 2.24) is 4.90 Å². The van der Waals surface area contributed by atoms with Gasteiger partial charge in [-0.2, -0.15) is 0 Å². The molecule has 4 rings (SSSR count). The van der Waals surface area contributed by atoms with Crippen molar-refractivity contribution in [3.05, 3.63) is 29.8 Å². The Bertz CT molecular complexity index is 910. The van der Waals surface area contributed by atoms with Gasteiger partial charge in [-0.3, -0.25) is 4.90 Å². The predicted octanol–water partition coefficient (Wildman–Crippen LogP) is 1.03. The first-order valence-electron chi connectivity index (χ1n) is 9.80. The van der Waals surface area contributed by atoms with Crippen molar-refractivity contribution in [2.75, 3.05) is 37.8 Å². The van der Waals surface area contributed by atoms with Crippen LogP contribution in [0.3, 0.4) is 0 Å². The van der Waals surface area contributed by atoms with Crippen LogP contribution in [0.25, 0.3) is 0 Å². The largest absolute Gasteiger partial charge is 0.347 e. The number of likely N-dealkylation sites (tertiary alicyclic amines) is 1. The van der Waals surface area contributed by atoms with Crippen molar-refractivity contribution >= 4 is 19.7 Å². The number of hydrogen-bond acceptors (Lipinski definition) is 7. The van der Waals surface area contributed by atoms with Crippen molar-refractivity contribution in [3.63, 3.8) is 0 Å². The Morgan fingerprint density at radius 3 is 2.25 bits per heavy atom. The second-order valence-electron chi connectivity index (χ2n) is 7.87. The third-order valence-electron chi connectivity index (χ3n) is 6.17. The lowest BCUT2D eigenvalue weighted by Gasteiger charge is -2.41. The van der Waals surface area contributed by atoms with Gasteiger partial charge in [0.1, 0.15) is 0 Å². The fourth-order valence-corrected chi connectivity index (χ4v) is 9.34. The highest BCUT2D eigenvalue weighted by Gasteiger charge is 2.50. The number of aryl methyl sites for hydroxylation is 1. The van der Waals surface area contributed by atoms with Gasteiger partial charge in [0.2, 0.25) is 0 Å². The third kappa shape index (κ3) is 3.75. The smallest absolute Gasteiger partial charge is 0.183 e. The zero-order chi connectivity index (χ0) is 20.0. The summed E-state index contributed by atoms with van der Waals surface area (Å²) in [6.45, 7) is 4.29. The summed E-state index contributed by atoms with van der Waals surface area (Å²) in [6, 6.07) is 6.26. The normalized spacial score (nSPS) is 30.0. The summed E-state index contributed by atoms with van der Waals surface area (Å²) in [5.41, 5.74) is 1.05. The summed E-state index contributed by atoms with van der Waals surface area (Å²) >= 11 is 0. The van der Waals surface area contributed by atoms with Crippen LogP contribution in [0, 0.1) is 0 Å². The van der Waals surface area contributed by atoms with Gasteiger partial charge in [0.25, 0.3) is 0 Å². The summed E-state index contributed by atoms with van der Waals surface area (Å²) in [5.74, 6) is -0.999. The van der Waals surface area contributed by atoms with E-state index in [0.29, 0.717) is 39.1 Å². The van der Waals surface area contributed by atoms with Crippen LogP contribution in [0.2, 0.25) is 0 Å². The Balaban J connectivity index is 1.57. The van der Waals surface area contributed by atoms with E-state index >= 15 is 0 Å². The first-order chi connectivity index (χ1) is 13.2. The molecular weight excluding hydrogens is 402 g/mol. The summed E-state index contributed by atoms with van der Waals surface area (Å²) in [7, 11) is -7.15. The molecule has 0 saturated carbocycles. The van der Waals surface area contributed by atoms with Gasteiger partial charge >= 0.3 is 0 Å². The molecule has 1 aromatic carbocycles. The minimum Gasteiger partial charge on any atom is -0.347 e. The minimum absolute atomic E-state index is 0.112. The van der Waals surface area contributed by atoms with Crippen LogP contribution in [-0.4, -0.2) is 76.6 Å². The maximum Gasteiger partial charge on any atom is 0.183 e. The van der Waals surface area contributed by atoms with E-state index in [9.17, 15) is 16.8 Å². The molecule has 0 aliphatic carbocycles. The fraction of sp³-hybridized carbons (Fsp3) is 0.684. The van der Waals surface area contributed by atoms with Crippen LogP contribution in [0.4, 0.5) is 0 Å². The van der Waals surface area contributed by atoms with E-state index in [2.05, 4.69) is 0 Å². The minimum atomic E-state index is -3.74. The Kier molecular flexibility index (Phi) is 5.33. The van der Waals surface area contributed by atoms with Crippen molar-refractivity contribution in [2.24, 2.45) is 0 Å². The number of piperidine rings is 1. The summed E-state index contributed by atoms with van der Waals surface area (Å²) in [4.78, 5) is 2.21. The monoisotopic (exact) mass is 429 g/mol. The van der Waals surface area contributed by atoms with Crippen LogP contribution in [0.5, 0.6) is 0 Å². The van der Waals surface area contributed by atoms with Gasteiger partial charge in [0.05, 0.1) is 34.9 Å². The molecule has 3 fully saturated rings. The van der Waals surface area contributed by atoms with Gasteiger partial charge in [0, 0.05) is 32.0 Å². The number of rotatable bonds is 4. The Labute approximate surface area is 166 Å². The van der Waals surface area contributed by atoms with Crippen molar-refractivity contribution in [2.45, 2.75) is 48.2 Å². The first-order valence-corrected chi connectivity index (χ1v) is 13.2. The fourth-order valence-electron chi connectivity index (χ4n) is 4.51. The van der Waals surface area contributed by atoms with Crippen molar-refractivity contribution in [1.29, 1.82) is 0 Å². The van der Waals surface area contributed by atoms with Gasteiger partial charge < -0.3 is 9.47 Å². The standard InChI is InChI=1S/C19H27NO6S2/c1-2-15-3-5-16(6-4-15)28(23,24)18-14-27(21,22)13-17(18)20-9-7-19(8-10-20)25-11-12-26-19/h3-6,17-18H,2,7-14H2,1H3. The molecule has 28 heavy (non-hydrogen) atoms. The SMILES string of the molecule is CCc1ccc(S(=O)(=O)C2CS(=O)(=O)CC2N2CCC3(CC2)OCCO3)cc1. The van der Waals surface area contributed by atoms with Gasteiger partial charge in [-0.15, -0.1) is 0 Å². The van der Waals surface area contributed by atoms with Crippen molar-refractivity contribution in [3.8, 4) is 0 Å². The lowest BCUT2D eigenvalue weighted by Crippen LogP contribution is -2.53. The molecule has 3 aliphatic rings. The highest BCUT2D eigenvalue weighted by atomic mass is 32.2. The Hall–Kier alpha value is -1.00. The number of nitrogens with zero attached hydrogens (tertiary/aromatic N) is 1. The summed E-state index contributed by atoms with van der Waals surface area (Å²) < 4.78 is 62.8. The molecule has 0 aromatic heterocycles. The van der Waals surface area contributed by atoms with E-state index in [1.807, 2.05) is 11.8 Å². The molecular formula is C19H27NO6S2. The van der Waals surface area contributed by atoms with Crippen LogP contribution in [0.1, 0.15) is 25.3 Å². The molecule has 9 heteroatoms. The third-order valence-corrected chi connectivity index (χ3v) is 10.3. The molecule has 2 unspecified atom stereocenters. The van der Waals surface area contributed by atoms with E-state index in [0.717, 1.165) is 12.0 Å².